The van der Waals surface area contributed by atoms with E-state index in [1.54, 1.807) is 20.2 Å². The Hall–Kier alpha value is -2.05. The number of hydrogen-bond donors (Lipinski definition) is 0. The molecule has 0 bridgehead atoms. The molecule has 1 aromatic carbocycles. The molecule has 0 N–H and O–H groups in total. The lowest BCUT2D eigenvalue weighted by molar-refractivity contribution is -0.112. The van der Waals surface area contributed by atoms with Crippen LogP contribution in [0.2, 0.25) is 0 Å². The molecule has 19 heavy (non-hydrogen) atoms. The lowest BCUT2D eigenvalue weighted by Gasteiger charge is -2.24. The standard InChI is InChI=1S/C16H16NO2/c1-6-12-8-13-9-14(19-16(3,4)18-5)7-11(2)15(13)17-10-12/h1,7-10H,3H2,2,4-5H3. The average molecular weight is 254 g/mol. The summed E-state index contributed by atoms with van der Waals surface area (Å²) in [6, 6.07) is 5.71. The van der Waals surface area contributed by atoms with E-state index in [9.17, 15) is 0 Å². The second-order valence-electron chi connectivity index (χ2n) is 4.62. The monoisotopic (exact) mass is 254 g/mol. The molecule has 0 saturated heterocycles. The first-order chi connectivity index (χ1) is 8.95. The van der Waals surface area contributed by atoms with Gasteiger partial charge in [-0.1, -0.05) is 5.92 Å². The van der Waals surface area contributed by atoms with Crippen LogP contribution in [0.4, 0.5) is 0 Å². The first kappa shape index (κ1) is 13.4. The minimum atomic E-state index is -0.919. The van der Waals surface area contributed by atoms with Gasteiger partial charge in [-0.2, -0.15) is 0 Å². The number of nitrogens with zero attached hydrogens (tertiary/aromatic N) is 1. The van der Waals surface area contributed by atoms with Gasteiger partial charge in [0.2, 0.25) is 5.79 Å². The molecule has 1 heterocycles. The normalized spacial score (nSPS) is 11.3. The molecule has 0 spiro atoms. The van der Waals surface area contributed by atoms with E-state index in [4.69, 9.17) is 15.9 Å². The summed E-state index contributed by atoms with van der Waals surface area (Å²) in [5.41, 5.74) is 2.67. The van der Waals surface area contributed by atoms with Gasteiger partial charge in [-0.15, -0.1) is 6.42 Å². The minimum absolute atomic E-state index is 0.681. The van der Waals surface area contributed by atoms with E-state index in [1.165, 1.54) is 0 Å². The van der Waals surface area contributed by atoms with Crippen LogP contribution >= 0.6 is 0 Å². The van der Waals surface area contributed by atoms with Crippen LogP contribution in [0.15, 0.2) is 24.4 Å². The first-order valence-electron chi connectivity index (χ1n) is 5.92. The summed E-state index contributed by atoms with van der Waals surface area (Å²) >= 11 is 0. The van der Waals surface area contributed by atoms with Gasteiger partial charge in [0.1, 0.15) is 5.75 Å². The van der Waals surface area contributed by atoms with E-state index in [-0.39, 0.29) is 0 Å². The van der Waals surface area contributed by atoms with E-state index in [0.717, 1.165) is 22.0 Å². The van der Waals surface area contributed by atoms with E-state index in [2.05, 4.69) is 17.8 Å². The van der Waals surface area contributed by atoms with E-state index in [0.29, 0.717) is 5.75 Å². The van der Waals surface area contributed by atoms with Crippen molar-refractivity contribution in [2.45, 2.75) is 19.6 Å². The van der Waals surface area contributed by atoms with Gasteiger partial charge in [0.25, 0.3) is 0 Å². The summed E-state index contributed by atoms with van der Waals surface area (Å²) < 4.78 is 10.9. The predicted octanol–water partition coefficient (Wildman–Crippen LogP) is 3.10. The average Bonchev–Trinajstić information content (AvgIpc) is 2.37. The lowest BCUT2D eigenvalue weighted by atomic mass is 10.1. The Morgan fingerprint density at radius 2 is 2.11 bits per heavy atom. The van der Waals surface area contributed by atoms with Crippen molar-refractivity contribution in [3.63, 3.8) is 0 Å². The number of ether oxygens (including phenoxy) is 2. The summed E-state index contributed by atoms with van der Waals surface area (Å²) in [5.74, 6) is 2.34. The second-order valence-corrected chi connectivity index (χ2v) is 4.62. The highest BCUT2D eigenvalue weighted by atomic mass is 16.7. The summed E-state index contributed by atoms with van der Waals surface area (Å²) in [7, 11) is 1.55. The SMILES string of the molecule is C#Cc1cnc2c(C)cc(OC([CH2])(C)OC)cc2c1. The lowest BCUT2D eigenvalue weighted by Crippen LogP contribution is -2.30. The quantitative estimate of drug-likeness (QED) is 0.623. The zero-order chi connectivity index (χ0) is 14.0. The van der Waals surface area contributed by atoms with Crippen LogP contribution in [0.5, 0.6) is 5.75 Å². The van der Waals surface area contributed by atoms with Crippen molar-refractivity contribution in [3.8, 4) is 18.1 Å². The molecule has 0 aliphatic rings. The van der Waals surface area contributed by atoms with Crippen LogP contribution in [0, 0.1) is 26.2 Å². The van der Waals surface area contributed by atoms with Crippen molar-refractivity contribution in [2.75, 3.05) is 7.11 Å². The number of terminal acetylenes is 1. The summed E-state index contributed by atoms with van der Waals surface area (Å²) in [6.07, 6.45) is 7.08. The number of methoxy groups -OCH3 is 1. The van der Waals surface area contributed by atoms with Gasteiger partial charge in [-0.3, -0.25) is 4.98 Å². The zero-order valence-electron chi connectivity index (χ0n) is 11.4. The van der Waals surface area contributed by atoms with Crippen LogP contribution < -0.4 is 4.74 Å². The molecular formula is C16H16NO2. The molecule has 2 rings (SSSR count). The smallest absolute Gasteiger partial charge is 0.207 e. The van der Waals surface area contributed by atoms with Crippen molar-refractivity contribution in [1.82, 2.24) is 4.98 Å². The van der Waals surface area contributed by atoms with Gasteiger partial charge in [-0.25, -0.2) is 0 Å². The van der Waals surface area contributed by atoms with Gasteiger partial charge in [0.05, 0.1) is 5.52 Å². The molecule has 2 aromatic rings. The maximum atomic E-state index is 5.70. The molecule has 3 nitrogen and oxygen atoms in total. The fraction of sp³-hybridized carbons (Fsp3) is 0.250. The van der Waals surface area contributed by atoms with Crippen LogP contribution in [-0.2, 0) is 4.74 Å². The Bertz CT molecular complexity index is 654. The molecule has 0 fully saturated rings. The number of aryl methyl sites for hydroxylation is 1. The maximum Gasteiger partial charge on any atom is 0.207 e. The van der Waals surface area contributed by atoms with Crippen molar-refractivity contribution < 1.29 is 9.47 Å². The summed E-state index contributed by atoms with van der Waals surface area (Å²) in [6.45, 7) is 7.56. The first-order valence-corrected chi connectivity index (χ1v) is 5.92. The number of benzene rings is 1. The molecular weight excluding hydrogens is 238 g/mol. The van der Waals surface area contributed by atoms with Crippen molar-refractivity contribution in [3.05, 3.63) is 42.4 Å². The molecule has 0 amide bonds. The summed E-state index contributed by atoms with van der Waals surface area (Å²) in [5, 5.41) is 0.942. The molecule has 1 unspecified atom stereocenters. The van der Waals surface area contributed by atoms with Crippen LogP contribution in [-0.4, -0.2) is 17.9 Å². The van der Waals surface area contributed by atoms with E-state index >= 15 is 0 Å². The van der Waals surface area contributed by atoms with Crippen molar-refractivity contribution >= 4 is 10.9 Å². The fourth-order valence-electron chi connectivity index (χ4n) is 1.83. The van der Waals surface area contributed by atoms with Gasteiger partial charge < -0.3 is 9.47 Å². The number of hydrogen-bond acceptors (Lipinski definition) is 3. The molecule has 1 aromatic heterocycles. The zero-order valence-corrected chi connectivity index (χ0v) is 11.4. The van der Waals surface area contributed by atoms with Crippen LogP contribution in [0.25, 0.3) is 10.9 Å². The highest BCUT2D eigenvalue weighted by molar-refractivity contribution is 5.84. The highest BCUT2D eigenvalue weighted by Gasteiger charge is 2.19. The Labute approximate surface area is 113 Å². The number of pyridine rings is 1. The molecule has 0 aliphatic heterocycles. The second kappa shape index (κ2) is 4.91. The van der Waals surface area contributed by atoms with Crippen molar-refractivity contribution in [1.29, 1.82) is 0 Å². The molecule has 0 aliphatic carbocycles. The molecule has 3 heteroatoms. The number of aromatic nitrogens is 1. The van der Waals surface area contributed by atoms with Crippen LogP contribution in [0.3, 0.4) is 0 Å². The predicted molar refractivity (Wildman–Crippen MR) is 75.8 cm³/mol. The van der Waals surface area contributed by atoms with Gasteiger partial charge in [-0.05, 0) is 30.7 Å². The molecule has 0 saturated carbocycles. The van der Waals surface area contributed by atoms with E-state index in [1.807, 2.05) is 25.1 Å². The van der Waals surface area contributed by atoms with Crippen LogP contribution in [0.1, 0.15) is 18.1 Å². The fourth-order valence-corrected chi connectivity index (χ4v) is 1.83. The van der Waals surface area contributed by atoms with Crippen molar-refractivity contribution in [2.24, 2.45) is 0 Å². The van der Waals surface area contributed by atoms with Gasteiger partial charge in [0, 0.05) is 38.1 Å². The Morgan fingerprint density at radius 3 is 2.74 bits per heavy atom. The molecule has 1 atom stereocenters. The third kappa shape index (κ3) is 2.86. The molecule has 97 valence electrons. The van der Waals surface area contributed by atoms with Gasteiger partial charge in [0.15, 0.2) is 0 Å². The van der Waals surface area contributed by atoms with E-state index < -0.39 is 5.79 Å². The Morgan fingerprint density at radius 1 is 1.37 bits per heavy atom. The maximum absolute atomic E-state index is 5.70. The third-order valence-corrected chi connectivity index (χ3v) is 2.88. The Kier molecular flexibility index (Phi) is 3.46. The van der Waals surface area contributed by atoms with Gasteiger partial charge >= 0.3 is 0 Å². The minimum Gasteiger partial charge on any atom is -0.463 e. The third-order valence-electron chi connectivity index (χ3n) is 2.88. The summed E-state index contributed by atoms with van der Waals surface area (Å²) in [4.78, 5) is 4.36. The Balaban J connectivity index is 2.51. The number of rotatable bonds is 3. The number of fused-ring (bicyclic) bond motifs is 1. The topological polar surface area (TPSA) is 31.4 Å². The molecule has 1 radical (unpaired) electrons. The highest BCUT2D eigenvalue weighted by Crippen LogP contribution is 2.26. The largest absolute Gasteiger partial charge is 0.463 e.